The third-order valence-electron chi connectivity index (χ3n) is 2.46. The van der Waals surface area contributed by atoms with Gasteiger partial charge in [0.25, 0.3) is 0 Å². The van der Waals surface area contributed by atoms with Gasteiger partial charge in [-0.3, -0.25) is 4.79 Å². The van der Waals surface area contributed by atoms with Crippen molar-refractivity contribution in [1.82, 2.24) is 5.32 Å². The Bertz CT molecular complexity index is 519. The van der Waals surface area contributed by atoms with Crippen molar-refractivity contribution in [2.24, 2.45) is 5.92 Å². The van der Waals surface area contributed by atoms with Crippen LogP contribution in [0, 0.1) is 17.6 Å². The van der Waals surface area contributed by atoms with Gasteiger partial charge in [-0.2, -0.15) is 0 Å². The van der Waals surface area contributed by atoms with Crippen LogP contribution >= 0.6 is 0 Å². The van der Waals surface area contributed by atoms with Gasteiger partial charge in [0.1, 0.15) is 0 Å². The summed E-state index contributed by atoms with van der Waals surface area (Å²) in [6, 6.07) is 2.02. The van der Waals surface area contributed by atoms with Crippen LogP contribution in [0.4, 0.5) is 14.5 Å². The predicted octanol–water partition coefficient (Wildman–Crippen LogP) is 1.85. The second-order valence-electron chi connectivity index (χ2n) is 4.65. The van der Waals surface area contributed by atoms with Gasteiger partial charge >= 0.3 is 5.97 Å². The maximum Gasteiger partial charge on any atom is 0.338 e. The lowest BCUT2D eigenvalue weighted by molar-refractivity contribution is -0.119. The zero-order valence-electron chi connectivity index (χ0n) is 11.2. The lowest BCUT2D eigenvalue weighted by atomic mass is 10.2. The smallest absolute Gasteiger partial charge is 0.338 e. The maximum atomic E-state index is 13.6. The lowest BCUT2D eigenvalue weighted by Gasteiger charge is -2.10. The molecule has 0 bridgehead atoms. The van der Waals surface area contributed by atoms with Crippen molar-refractivity contribution in [3.05, 3.63) is 29.3 Å². The molecule has 0 aromatic heterocycles. The monoisotopic (exact) mass is 286 g/mol. The number of carboxylic acids is 1. The maximum absolute atomic E-state index is 13.6. The Kier molecular flexibility index (Phi) is 5.42. The fraction of sp³-hybridized carbons (Fsp3) is 0.385. The second kappa shape index (κ2) is 6.83. The summed E-state index contributed by atoms with van der Waals surface area (Å²) in [5, 5.41) is 13.7. The van der Waals surface area contributed by atoms with Gasteiger partial charge in [-0.25, -0.2) is 13.6 Å². The molecular formula is C13H16F2N2O3. The molecule has 0 aliphatic carbocycles. The minimum Gasteiger partial charge on any atom is -0.478 e. The Labute approximate surface area is 115 Å². The Morgan fingerprint density at radius 1 is 1.25 bits per heavy atom. The summed E-state index contributed by atoms with van der Waals surface area (Å²) in [6.45, 7) is 4.10. The van der Waals surface area contributed by atoms with Crippen molar-refractivity contribution in [2.75, 3.05) is 18.4 Å². The molecule has 0 atom stereocenters. The van der Waals surface area contributed by atoms with E-state index in [0.29, 0.717) is 6.54 Å². The molecule has 110 valence electrons. The van der Waals surface area contributed by atoms with Crippen molar-refractivity contribution in [3.8, 4) is 0 Å². The van der Waals surface area contributed by atoms with E-state index in [4.69, 9.17) is 5.11 Å². The highest BCUT2D eigenvalue weighted by molar-refractivity contribution is 5.88. The van der Waals surface area contributed by atoms with Crippen molar-refractivity contribution in [2.45, 2.75) is 13.8 Å². The summed E-state index contributed by atoms with van der Waals surface area (Å²) in [5.41, 5.74) is -1.01. The third kappa shape index (κ3) is 4.18. The van der Waals surface area contributed by atoms with Crippen LogP contribution in [0.3, 0.4) is 0 Å². The molecule has 0 heterocycles. The van der Waals surface area contributed by atoms with Gasteiger partial charge in [-0.05, 0) is 18.1 Å². The largest absolute Gasteiger partial charge is 0.478 e. The van der Waals surface area contributed by atoms with E-state index in [1.165, 1.54) is 0 Å². The summed E-state index contributed by atoms with van der Waals surface area (Å²) in [5.74, 6) is -4.40. The number of anilines is 1. The lowest BCUT2D eigenvalue weighted by Crippen LogP contribution is -2.32. The van der Waals surface area contributed by atoms with Gasteiger partial charge in [-0.15, -0.1) is 0 Å². The van der Waals surface area contributed by atoms with Crippen molar-refractivity contribution < 1.29 is 23.5 Å². The van der Waals surface area contributed by atoms with Gasteiger partial charge < -0.3 is 15.7 Å². The zero-order valence-corrected chi connectivity index (χ0v) is 11.2. The molecule has 1 amide bonds. The molecule has 0 unspecified atom stereocenters. The molecular weight excluding hydrogens is 270 g/mol. The summed E-state index contributed by atoms with van der Waals surface area (Å²) in [4.78, 5) is 22.0. The van der Waals surface area contributed by atoms with Crippen molar-refractivity contribution >= 4 is 17.6 Å². The van der Waals surface area contributed by atoms with Crippen molar-refractivity contribution in [3.63, 3.8) is 0 Å². The second-order valence-corrected chi connectivity index (χ2v) is 4.65. The first-order chi connectivity index (χ1) is 9.32. The van der Waals surface area contributed by atoms with E-state index in [9.17, 15) is 18.4 Å². The number of carbonyl (C=O) groups is 2. The number of carbonyl (C=O) groups excluding carboxylic acids is 1. The fourth-order valence-corrected chi connectivity index (χ4v) is 1.41. The molecule has 0 fully saturated rings. The number of nitrogens with one attached hydrogen (secondary N) is 2. The predicted molar refractivity (Wildman–Crippen MR) is 69.7 cm³/mol. The number of hydrogen-bond donors (Lipinski definition) is 3. The highest BCUT2D eigenvalue weighted by Gasteiger charge is 2.18. The van der Waals surface area contributed by atoms with Crippen molar-refractivity contribution in [1.29, 1.82) is 0 Å². The molecule has 0 saturated heterocycles. The van der Waals surface area contributed by atoms with E-state index in [0.717, 1.165) is 12.1 Å². The Morgan fingerprint density at radius 3 is 2.45 bits per heavy atom. The molecule has 7 heteroatoms. The molecule has 5 nitrogen and oxygen atoms in total. The molecule has 1 aromatic rings. The molecule has 0 saturated carbocycles. The average Bonchev–Trinajstić information content (AvgIpc) is 2.37. The Hall–Kier alpha value is -2.18. The van der Waals surface area contributed by atoms with Gasteiger partial charge in [0.05, 0.1) is 17.8 Å². The van der Waals surface area contributed by atoms with Gasteiger partial charge in [-0.1, -0.05) is 13.8 Å². The van der Waals surface area contributed by atoms with E-state index in [-0.39, 0.29) is 24.1 Å². The number of halogens is 2. The summed E-state index contributed by atoms with van der Waals surface area (Å²) in [6.07, 6.45) is 0. The van der Waals surface area contributed by atoms with Crippen LogP contribution in [0.2, 0.25) is 0 Å². The molecule has 0 aliphatic heterocycles. The molecule has 20 heavy (non-hydrogen) atoms. The van der Waals surface area contributed by atoms with E-state index in [1.807, 2.05) is 13.8 Å². The summed E-state index contributed by atoms with van der Waals surface area (Å²) < 4.78 is 26.9. The number of benzene rings is 1. The van der Waals surface area contributed by atoms with Crippen LogP contribution in [-0.4, -0.2) is 30.1 Å². The van der Waals surface area contributed by atoms with Crippen LogP contribution in [0.1, 0.15) is 24.2 Å². The SMILES string of the molecule is CC(C)CNC(=O)CNc1ccc(C(=O)O)c(F)c1F. The molecule has 3 N–H and O–H groups in total. The number of rotatable bonds is 6. The normalized spacial score (nSPS) is 10.4. The number of carboxylic acid groups (broad SMARTS) is 1. The molecule has 1 rings (SSSR count). The van der Waals surface area contributed by atoms with E-state index < -0.39 is 23.2 Å². The van der Waals surface area contributed by atoms with Gasteiger partial charge in [0, 0.05) is 6.54 Å². The van der Waals surface area contributed by atoms with E-state index in [2.05, 4.69) is 10.6 Å². The molecule has 0 aliphatic rings. The zero-order chi connectivity index (χ0) is 15.3. The van der Waals surface area contributed by atoms with Gasteiger partial charge in [0.15, 0.2) is 11.6 Å². The van der Waals surface area contributed by atoms with Crippen LogP contribution in [-0.2, 0) is 4.79 Å². The van der Waals surface area contributed by atoms with E-state index in [1.54, 1.807) is 0 Å². The average molecular weight is 286 g/mol. The molecule has 0 spiro atoms. The quantitative estimate of drug-likeness (QED) is 0.745. The van der Waals surface area contributed by atoms with Gasteiger partial charge in [0.2, 0.25) is 5.91 Å². The van der Waals surface area contributed by atoms with Crippen LogP contribution in [0.5, 0.6) is 0 Å². The number of amides is 1. The minimum absolute atomic E-state index is 0.227. The number of hydrogen-bond acceptors (Lipinski definition) is 3. The fourth-order valence-electron chi connectivity index (χ4n) is 1.41. The van der Waals surface area contributed by atoms with Crippen LogP contribution < -0.4 is 10.6 Å². The Balaban J connectivity index is 2.68. The summed E-state index contributed by atoms with van der Waals surface area (Å²) in [7, 11) is 0. The van der Waals surface area contributed by atoms with E-state index >= 15 is 0 Å². The first-order valence-corrected chi connectivity index (χ1v) is 6.04. The highest BCUT2D eigenvalue weighted by Crippen LogP contribution is 2.20. The summed E-state index contributed by atoms with van der Waals surface area (Å²) >= 11 is 0. The first kappa shape index (κ1) is 15.9. The topological polar surface area (TPSA) is 78.4 Å². The molecule has 1 aromatic carbocycles. The number of aromatic carboxylic acids is 1. The first-order valence-electron chi connectivity index (χ1n) is 6.04. The minimum atomic E-state index is -1.55. The van der Waals surface area contributed by atoms with Crippen LogP contribution in [0.15, 0.2) is 12.1 Å². The molecule has 0 radical (unpaired) electrons. The standard InChI is InChI=1S/C13H16F2N2O3/c1-7(2)5-17-10(18)6-16-9-4-3-8(13(19)20)11(14)12(9)15/h3-4,7,16H,5-6H2,1-2H3,(H,17,18)(H,19,20). The Morgan fingerprint density at radius 2 is 1.90 bits per heavy atom. The highest BCUT2D eigenvalue weighted by atomic mass is 19.2. The third-order valence-corrected chi connectivity index (χ3v) is 2.46. The van der Waals surface area contributed by atoms with Crippen LogP contribution in [0.25, 0.3) is 0 Å².